The van der Waals surface area contributed by atoms with E-state index in [2.05, 4.69) is 10.1 Å². The molecule has 2 aromatic carbocycles. The van der Waals surface area contributed by atoms with E-state index >= 15 is 0 Å². The van der Waals surface area contributed by atoms with Crippen LogP contribution >= 0.6 is 0 Å². The Morgan fingerprint density at radius 2 is 1.67 bits per heavy atom. The average molecular weight is 299 g/mol. The molecule has 0 fully saturated rings. The molecule has 0 bridgehead atoms. The zero-order chi connectivity index (χ0) is 15.6. The summed E-state index contributed by atoms with van der Waals surface area (Å²) in [5, 5.41) is 2.23. The lowest BCUT2D eigenvalue weighted by atomic mass is 10.1. The van der Waals surface area contributed by atoms with Gasteiger partial charge in [0.15, 0.2) is 17.4 Å². The van der Waals surface area contributed by atoms with Crippen LogP contribution in [-0.4, -0.2) is 13.0 Å². The van der Waals surface area contributed by atoms with Gasteiger partial charge in [0.2, 0.25) is 5.82 Å². The summed E-state index contributed by atoms with van der Waals surface area (Å²) >= 11 is 0. The van der Waals surface area contributed by atoms with Gasteiger partial charge in [0.1, 0.15) is 5.82 Å². The van der Waals surface area contributed by atoms with Gasteiger partial charge in [-0.1, -0.05) is 0 Å². The van der Waals surface area contributed by atoms with Crippen molar-refractivity contribution in [2.24, 2.45) is 0 Å². The first-order valence-electron chi connectivity index (χ1n) is 5.72. The average Bonchev–Trinajstić information content (AvgIpc) is 2.46. The highest BCUT2D eigenvalue weighted by molar-refractivity contribution is 6.04. The van der Waals surface area contributed by atoms with Crippen LogP contribution in [0.3, 0.4) is 0 Å². The Morgan fingerprint density at radius 1 is 1.05 bits per heavy atom. The summed E-state index contributed by atoms with van der Waals surface area (Å²) < 4.78 is 57.6. The molecule has 0 unspecified atom stereocenters. The SMILES string of the molecule is COc1c(F)c(F)cc(C(=O)Nc2ccc(F)cc2)c1F. The molecule has 0 saturated carbocycles. The molecule has 0 radical (unpaired) electrons. The molecule has 7 heteroatoms. The fraction of sp³-hybridized carbons (Fsp3) is 0.0714. The van der Waals surface area contributed by atoms with Crippen molar-refractivity contribution in [3.05, 3.63) is 59.2 Å². The fourth-order valence-electron chi connectivity index (χ4n) is 1.66. The van der Waals surface area contributed by atoms with Gasteiger partial charge in [0.25, 0.3) is 5.91 Å². The van der Waals surface area contributed by atoms with Crippen LogP contribution < -0.4 is 10.1 Å². The molecule has 2 rings (SSSR count). The van der Waals surface area contributed by atoms with E-state index in [-0.39, 0.29) is 5.69 Å². The number of nitrogens with one attached hydrogen (secondary N) is 1. The van der Waals surface area contributed by atoms with Gasteiger partial charge in [-0.3, -0.25) is 4.79 Å². The highest BCUT2D eigenvalue weighted by atomic mass is 19.2. The second-order valence-corrected chi connectivity index (χ2v) is 4.03. The van der Waals surface area contributed by atoms with Crippen LogP contribution in [0.25, 0.3) is 0 Å². The highest BCUT2D eigenvalue weighted by Crippen LogP contribution is 2.27. The van der Waals surface area contributed by atoms with E-state index < -0.39 is 40.5 Å². The Hall–Kier alpha value is -2.57. The van der Waals surface area contributed by atoms with Gasteiger partial charge in [-0.15, -0.1) is 0 Å². The molecule has 2 aromatic rings. The quantitative estimate of drug-likeness (QED) is 0.696. The molecule has 0 aliphatic rings. The monoisotopic (exact) mass is 299 g/mol. The van der Waals surface area contributed by atoms with Gasteiger partial charge in [-0.2, -0.15) is 4.39 Å². The van der Waals surface area contributed by atoms with E-state index in [0.717, 1.165) is 19.2 Å². The normalized spacial score (nSPS) is 10.3. The van der Waals surface area contributed by atoms with Crippen LogP contribution in [-0.2, 0) is 0 Å². The predicted molar refractivity (Wildman–Crippen MR) is 67.2 cm³/mol. The Kier molecular flexibility index (Phi) is 4.11. The lowest BCUT2D eigenvalue weighted by Crippen LogP contribution is -2.15. The Balaban J connectivity index is 2.35. The Labute approximate surface area is 117 Å². The molecule has 0 heterocycles. The van der Waals surface area contributed by atoms with Gasteiger partial charge in [0, 0.05) is 5.69 Å². The minimum absolute atomic E-state index is 0.171. The molecule has 0 aromatic heterocycles. The van der Waals surface area contributed by atoms with Gasteiger partial charge >= 0.3 is 0 Å². The highest BCUT2D eigenvalue weighted by Gasteiger charge is 2.23. The predicted octanol–water partition coefficient (Wildman–Crippen LogP) is 3.50. The number of carbonyl (C=O) groups is 1. The maximum Gasteiger partial charge on any atom is 0.258 e. The third-order valence-corrected chi connectivity index (χ3v) is 2.67. The second-order valence-electron chi connectivity index (χ2n) is 4.03. The van der Waals surface area contributed by atoms with Crippen LogP contribution in [0.2, 0.25) is 0 Å². The van der Waals surface area contributed by atoms with E-state index in [0.29, 0.717) is 6.07 Å². The van der Waals surface area contributed by atoms with E-state index in [1.807, 2.05) is 0 Å². The maximum atomic E-state index is 13.9. The molecule has 0 aliphatic carbocycles. The molecule has 1 amide bonds. The molecule has 0 saturated heterocycles. The van der Waals surface area contributed by atoms with Crippen molar-refractivity contribution in [3.8, 4) is 5.75 Å². The summed E-state index contributed by atoms with van der Waals surface area (Å²) in [5.74, 6) is -6.79. The molecule has 110 valence electrons. The van der Waals surface area contributed by atoms with Crippen LogP contribution in [0.5, 0.6) is 5.75 Å². The van der Waals surface area contributed by atoms with Crippen LogP contribution in [0.15, 0.2) is 30.3 Å². The minimum Gasteiger partial charge on any atom is -0.491 e. The largest absolute Gasteiger partial charge is 0.491 e. The summed E-state index contributed by atoms with van der Waals surface area (Å²) in [4.78, 5) is 11.9. The first kappa shape index (κ1) is 14.8. The van der Waals surface area contributed by atoms with Gasteiger partial charge in [-0.05, 0) is 30.3 Å². The second kappa shape index (κ2) is 5.82. The Morgan fingerprint density at radius 3 is 2.24 bits per heavy atom. The first-order valence-corrected chi connectivity index (χ1v) is 5.72. The standard InChI is InChI=1S/C14H9F4NO2/c1-21-13-11(17)9(6-10(16)12(13)18)14(20)19-8-4-2-7(15)3-5-8/h2-6H,1H3,(H,19,20). The summed E-state index contributed by atoms with van der Waals surface area (Å²) in [6, 6.07) is 5.06. The lowest BCUT2D eigenvalue weighted by Gasteiger charge is -2.10. The van der Waals surface area contributed by atoms with Crippen molar-refractivity contribution in [1.82, 2.24) is 0 Å². The summed E-state index contributed by atoms with van der Waals surface area (Å²) in [6.45, 7) is 0. The van der Waals surface area contributed by atoms with Crippen LogP contribution in [0, 0.1) is 23.3 Å². The van der Waals surface area contributed by atoms with Crippen molar-refractivity contribution in [2.45, 2.75) is 0 Å². The first-order chi connectivity index (χ1) is 9.93. The molecule has 0 atom stereocenters. The number of rotatable bonds is 3. The van der Waals surface area contributed by atoms with Crippen LogP contribution in [0.1, 0.15) is 10.4 Å². The number of carbonyl (C=O) groups excluding carboxylic acids is 1. The molecule has 0 aliphatic heterocycles. The van der Waals surface area contributed by atoms with Crippen molar-refractivity contribution in [1.29, 1.82) is 0 Å². The van der Waals surface area contributed by atoms with Crippen LogP contribution in [0.4, 0.5) is 23.2 Å². The topological polar surface area (TPSA) is 38.3 Å². The third-order valence-electron chi connectivity index (χ3n) is 2.67. The fourth-order valence-corrected chi connectivity index (χ4v) is 1.66. The number of hydrogen-bond acceptors (Lipinski definition) is 2. The van der Waals surface area contributed by atoms with Crippen molar-refractivity contribution >= 4 is 11.6 Å². The van der Waals surface area contributed by atoms with E-state index in [1.165, 1.54) is 12.1 Å². The van der Waals surface area contributed by atoms with Crippen molar-refractivity contribution in [3.63, 3.8) is 0 Å². The number of ether oxygens (including phenoxy) is 1. The van der Waals surface area contributed by atoms with Crippen molar-refractivity contribution < 1.29 is 27.1 Å². The van der Waals surface area contributed by atoms with E-state index in [9.17, 15) is 22.4 Å². The molecular formula is C14H9F4NO2. The van der Waals surface area contributed by atoms with Gasteiger partial charge in [-0.25, -0.2) is 13.2 Å². The maximum absolute atomic E-state index is 13.9. The molecule has 0 spiro atoms. The number of hydrogen-bond donors (Lipinski definition) is 1. The van der Waals surface area contributed by atoms with Gasteiger partial charge < -0.3 is 10.1 Å². The minimum atomic E-state index is -1.52. The summed E-state index contributed by atoms with van der Waals surface area (Å²) in [6.07, 6.45) is 0. The zero-order valence-electron chi connectivity index (χ0n) is 10.7. The Bertz CT molecular complexity index is 686. The zero-order valence-corrected chi connectivity index (χ0v) is 10.7. The molecule has 1 N–H and O–H groups in total. The number of methoxy groups -OCH3 is 1. The lowest BCUT2D eigenvalue weighted by molar-refractivity contribution is 0.102. The number of amides is 1. The van der Waals surface area contributed by atoms with Crippen molar-refractivity contribution in [2.75, 3.05) is 12.4 Å². The molecule has 21 heavy (non-hydrogen) atoms. The third kappa shape index (κ3) is 2.96. The molecule has 3 nitrogen and oxygen atoms in total. The summed E-state index contributed by atoms with van der Waals surface area (Å²) in [7, 11) is 0.947. The van der Waals surface area contributed by atoms with E-state index in [1.54, 1.807) is 0 Å². The number of anilines is 1. The van der Waals surface area contributed by atoms with E-state index in [4.69, 9.17) is 0 Å². The van der Waals surface area contributed by atoms with Gasteiger partial charge in [0.05, 0.1) is 12.7 Å². The smallest absolute Gasteiger partial charge is 0.258 e. The number of benzene rings is 2. The molecular weight excluding hydrogens is 290 g/mol. The number of halogens is 4. The summed E-state index contributed by atoms with van der Waals surface area (Å²) in [5.41, 5.74) is -0.556.